The Morgan fingerprint density at radius 2 is 1.63 bits per heavy atom. The maximum Gasteiger partial charge on any atom is 0.265 e. The highest BCUT2D eigenvalue weighted by molar-refractivity contribution is 7.96. The summed E-state index contributed by atoms with van der Waals surface area (Å²) < 4.78 is 52.8. The van der Waals surface area contributed by atoms with Gasteiger partial charge in [-0.25, -0.2) is 8.42 Å². The lowest BCUT2D eigenvalue weighted by Gasteiger charge is -2.38. The molecular formula is C28H25N3O6S. The molecule has 2 aliphatic heterocycles. The van der Waals surface area contributed by atoms with E-state index in [0.29, 0.717) is 22.6 Å². The van der Waals surface area contributed by atoms with Gasteiger partial charge in [-0.2, -0.15) is 5.26 Å². The fourth-order valence-corrected chi connectivity index (χ4v) is 6.80. The summed E-state index contributed by atoms with van der Waals surface area (Å²) >= 11 is 0. The van der Waals surface area contributed by atoms with E-state index in [4.69, 9.17) is 24.7 Å². The lowest BCUT2D eigenvalue weighted by Crippen LogP contribution is -2.39. The Labute approximate surface area is 221 Å². The van der Waals surface area contributed by atoms with Crippen LogP contribution in [0.2, 0.25) is 0 Å². The van der Waals surface area contributed by atoms with Crippen LogP contribution in [-0.4, -0.2) is 29.7 Å². The summed E-state index contributed by atoms with van der Waals surface area (Å²) in [4.78, 5) is -0.108. The number of nitrogens with two attached hydrogens (primary N) is 1. The molecule has 0 aliphatic carbocycles. The van der Waals surface area contributed by atoms with Crippen LogP contribution in [0, 0.1) is 11.3 Å². The van der Waals surface area contributed by atoms with E-state index < -0.39 is 15.9 Å². The molecule has 10 heteroatoms. The van der Waals surface area contributed by atoms with Gasteiger partial charge in [-0.15, -0.1) is 0 Å². The maximum absolute atomic E-state index is 14.5. The van der Waals surface area contributed by atoms with Gasteiger partial charge in [0.2, 0.25) is 11.6 Å². The minimum Gasteiger partial charge on any atom is -0.493 e. The second kappa shape index (κ2) is 9.68. The number of hydrogen-bond donors (Lipinski definition) is 1. The molecule has 2 heterocycles. The third kappa shape index (κ3) is 3.79. The van der Waals surface area contributed by atoms with Gasteiger partial charge in [0, 0.05) is 11.1 Å². The highest BCUT2D eigenvalue weighted by Gasteiger charge is 2.48. The molecule has 38 heavy (non-hydrogen) atoms. The number of nitriles is 1. The smallest absolute Gasteiger partial charge is 0.265 e. The van der Waals surface area contributed by atoms with Gasteiger partial charge < -0.3 is 24.7 Å². The molecule has 0 bridgehead atoms. The molecule has 2 aliphatic rings. The Hall–Kier alpha value is -4.62. The Morgan fingerprint density at radius 1 is 0.947 bits per heavy atom. The number of sulfonamides is 1. The number of para-hydroxylation sites is 1. The fraction of sp³-hybridized carbons (Fsp3) is 0.179. The molecule has 1 atom stereocenters. The molecule has 0 radical (unpaired) electrons. The van der Waals surface area contributed by atoms with Gasteiger partial charge >= 0.3 is 0 Å². The molecule has 194 valence electrons. The van der Waals surface area contributed by atoms with Crippen molar-refractivity contribution in [1.82, 2.24) is 0 Å². The first-order valence-electron chi connectivity index (χ1n) is 11.6. The number of allylic oxidation sites excluding steroid dienone is 2. The fourth-order valence-electron chi connectivity index (χ4n) is 4.89. The number of hydrogen-bond acceptors (Lipinski definition) is 8. The normalized spacial score (nSPS) is 17.6. The van der Waals surface area contributed by atoms with E-state index in [2.05, 4.69) is 6.07 Å². The van der Waals surface area contributed by atoms with Crippen LogP contribution in [0.1, 0.15) is 22.6 Å². The lowest BCUT2D eigenvalue weighted by atomic mass is 9.87. The first-order chi connectivity index (χ1) is 18.4. The van der Waals surface area contributed by atoms with E-state index in [1.807, 2.05) is 30.3 Å². The van der Waals surface area contributed by atoms with Crippen LogP contribution in [0.3, 0.4) is 0 Å². The van der Waals surface area contributed by atoms with E-state index >= 15 is 0 Å². The average molecular weight is 532 g/mol. The average Bonchev–Trinajstić information content (AvgIpc) is 2.94. The predicted octanol–water partition coefficient (Wildman–Crippen LogP) is 4.24. The van der Waals surface area contributed by atoms with Gasteiger partial charge in [0.1, 0.15) is 16.5 Å². The molecule has 1 unspecified atom stereocenters. The molecule has 0 aromatic heterocycles. The van der Waals surface area contributed by atoms with Gasteiger partial charge in [0.05, 0.1) is 39.5 Å². The number of ether oxygens (including phenoxy) is 4. The van der Waals surface area contributed by atoms with Crippen molar-refractivity contribution in [3.05, 3.63) is 99.8 Å². The zero-order chi connectivity index (χ0) is 27.0. The number of fused-ring (bicyclic) bond motifs is 2. The van der Waals surface area contributed by atoms with Crippen LogP contribution in [0.15, 0.2) is 83.1 Å². The van der Waals surface area contributed by atoms with Crippen molar-refractivity contribution in [2.24, 2.45) is 5.73 Å². The molecule has 3 aromatic rings. The molecular weight excluding hydrogens is 506 g/mol. The molecule has 0 fully saturated rings. The molecule has 5 rings (SSSR count). The number of rotatable bonds is 6. The van der Waals surface area contributed by atoms with E-state index in [0.717, 1.165) is 5.56 Å². The van der Waals surface area contributed by atoms with Gasteiger partial charge in [-0.1, -0.05) is 48.5 Å². The summed E-state index contributed by atoms with van der Waals surface area (Å²) in [6.07, 6.45) is 0. The van der Waals surface area contributed by atoms with Gasteiger partial charge in [-0.05, 0) is 23.8 Å². The molecule has 2 N–H and O–H groups in total. The van der Waals surface area contributed by atoms with Gasteiger partial charge in [0.15, 0.2) is 17.3 Å². The van der Waals surface area contributed by atoms with Crippen molar-refractivity contribution in [3.8, 4) is 23.3 Å². The predicted molar refractivity (Wildman–Crippen MR) is 142 cm³/mol. The number of benzene rings is 3. The number of anilines is 1. The third-order valence-electron chi connectivity index (χ3n) is 6.57. The Balaban J connectivity index is 1.81. The van der Waals surface area contributed by atoms with Crippen molar-refractivity contribution < 1.29 is 27.4 Å². The van der Waals surface area contributed by atoms with Crippen LogP contribution < -0.4 is 24.2 Å². The topological polar surface area (TPSA) is 124 Å². The van der Waals surface area contributed by atoms with Gasteiger partial charge in [0.25, 0.3) is 10.0 Å². The molecule has 9 nitrogen and oxygen atoms in total. The molecule has 0 saturated heterocycles. The Bertz CT molecular complexity index is 1620. The largest absolute Gasteiger partial charge is 0.493 e. The molecule has 0 saturated carbocycles. The second-order valence-electron chi connectivity index (χ2n) is 8.56. The second-order valence-corrected chi connectivity index (χ2v) is 10.4. The summed E-state index contributed by atoms with van der Waals surface area (Å²) in [5, 5.41) is 10.1. The van der Waals surface area contributed by atoms with Crippen molar-refractivity contribution >= 4 is 21.5 Å². The maximum atomic E-state index is 14.5. The van der Waals surface area contributed by atoms with Gasteiger partial charge in [-0.3, -0.25) is 4.31 Å². The zero-order valence-electron chi connectivity index (χ0n) is 21.0. The summed E-state index contributed by atoms with van der Waals surface area (Å²) in [6, 6.07) is 21.6. The van der Waals surface area contributed by atoms with Crippen LogP contribution in [0.25, 0.3) is 5.76 Å². The lowest BCUT2D eigenvalue weighted by molar-refractivity contribution is 0.320. The number of methoxy groups -OCH3 is 3. The monoisotopic (exact) mass is 531 g/mol. The van der Waals surface area contributed by atoms with E-state index in [1.165, 1.54) is 25.6 Å². The zero-order valence-corrected chi connectivity index (χ0v) is 21.8. The van der Waals surface area contributed by atoms with E-state index in [-0.39, 0.29) is 40.2 Å². The SMILES string of the molecule is COc1ccc(C2C(C#N)=C(N)OC3=C2S(=O)(=O)N(Cc2ccccc2)c2ccccc23)c(OC)c1OC. The minimum absolute atomic E-state index is 0.0584. The molecule has 0 spiro atoms. The summed E-state index contributed by atoms with van der Waals surface area (Å²) in [7, 11) is 0.120. The first kappa shape index (κ1) is 25.0. The Morgan fingerprint density at radius 3 is 2.29 bits per heavy atom. The van der Waals surface area contributed by atoms with Crippen LogP contribution in [0.5, 0.6) is 17.2 Å². The Kier molecular flexibility index (Phi) is 6.38. The van der Waals surface area contributed by atoms with Crippen molar-refractivity contribution in [2.45, 2.75) is 12.5 Å². The first-order valence-corrected chi connectivity index (χ1v) is 13.1. The molecule has 3 aromatic carbocycles. The van der Waals surface area contributed by atoms with Crippen LogP contribution >= 0.6 is 0 Å². The van der Waals surface area contributed by atoms with Crippen molar-refractivity contribution in [3.63, 3.8) is 0 Å². The van der Waals surface area contributed by atoms with Crippen LogP contribution in [-0.2, 0) is 21.3 Å². The summed E-state index contributed by atoms with van der Waals surface area (Å²) in [5.74, 6) is -0.387. The highest BCUT2D eigenvalue weighted by Crippen LogP contribution is 2.54. The van der Waals surface area contributed by atoms with E-state index in [1.54, 1.807) is 36.4 Å². The van der Waals surface area contributed by atoms with Crippen LogP contribution in [0.4, 0.5) is 5.69 Å². The summed E-state index contributed by atoms with van der Waals surface area (Å²) in [6.45, 7) is 0.0772. The standard InChI is InChI=1S/C28H25N3O6S/c1-34-22-14-13-19(24(35-2)26(22)36-3)23-20(15-29)28(30)37-25-18-11-7-8-12-21(18)31(38(32,33)27(23)25)16-17-9-5-4-6-10-17/h4-14,23H,16,30H2,1-3H3. The summed E-state index contributed by atoms with van der Waals surface area (Å²) in [5.41, 5.74) is 8.33. The highest BCUT2D eigenvalue weighted by atomic mass is 32.2. The third-order valence-corrected chi connectivity index (χ3v) is 8.46. The van der Waals surface area contributed by atoms with Crippen molar-refractivity contribution in [2.75, 3.05) is 25.6 Å². The van der Waals surface area contributed by atoms with Crippen molar-refractivity contribution in [1.29, 1.82) is 5.26 Å². The quantitative estimate of drug-likeness (QED) is 0.501. The number of nitrogens with zero attached hydrogens (tertiary/aromatic N) is 2. The van der Waals surface area contributed by atoms with E-state index in [9.17, 15) is 13.7 Å². The molecule has 0 amide bonds. The minimum atomic E-state index is -4.24.